The molecule has 0 bridgehead atoms. The Labute approximate surface area is 206 Å². The number of pyridine rings is 1. The van der Waals surface area contributed by atoms with Crippen LogP contribution in [0, 0.1) is 0 Å². The highest BCUT2D eigenvalue weighted by Crippen LogP contribution is 2.33. The normalized spacial score (nSPS) is 18.5. The number of aromatic nitrogens is 1. The van der Waals surface area contributed by atoms with Crippen molar-refractivity contribution in [3.8, 4) is 5.75 Å². The first-order valence-corrected chi connectivity index (χ1v) is 12.1. The zero-order valence-corrected chi connectivity index (χ0v) is 21.2. The van der Waals surface area contributed by atoms with Crippen molar-refractivity contribution >= 4 is 17.0 Å². The minimum Gasteiger partial charge on any atom is -0.496 e. The number of piperidine rings is 1. The molecule has 0 aliphatic carbocycles. The van der Waals surface area contributed by atoms with Gasteiger partial charge in [0.25, 0.3) is 5.56 Å². The molecule has 186 valence electrons. The number of hydrogen-bond acceptors (Lipinski definition) is 5. The number of ether oxygens (including phenoxy) is 2. The Kier molecular flexibility index (Phi) is 7.17. The summed E-state index contributed by atoms with van der Waals surface area (Å²) in [6.07, 6.45) is 1.51. The Morgan fingerprint density at radius 2 is 1.86 bits per heavy atom. The number of methoxy groups -OCH3 is 1. The van der Waals surface area contributed by atoms with E-state index in [1.165, 1.54) is 0 Å². The van der Waals surface area contributed by atoms with Crippen LogP contribution in [-0.2, 0) is 18.3 Å². The van der Waals surface area contributed by atoms with Crippen molar-refractivity contribution in [2.24, 2.45) is 7.05 Å². The predicted octanol–water partition coefficient (Wildman–Crippen LogP) is 4.78. The summed E-state index contributed by atoms with van der Waals surface area (Å²) in [5.74, 6) is 0.764. The largest absolute Gasteiger partial charge is 0.496 e. The molecule has 1 N–H and O–H groups in total. The number of likely N-dealkylation sites (tertiary alicyclic amines) is 1. The van der Waals surface area contributed by atoms with Gasteiger partial charge < -0.3 is 19.4 Å². The van der Waals surface area contributed by atoms with Gasteiger partial charge in [-0.1, -0.05) is 30.3 Å². The number of fused-ring (bicyclic) bond motifs is 1. The first kappa shape index (κ1) is 24.8. The average Bonchev–Trinajstić information content (AvgIpc) is 2.84. The maximum Gasteiger partial charge on any atom is 0.410 e. The second-order valence-electron chi connectivity index (χ2n) is 10.1. The molecule has 35 heavy (non-hydrogen) atoms. The maximum absolute atomic E-state index is 13.2. The van der Waals surface area contributed by atoms with Crippen molar-refractivity contribution in [2.45, 2.75) is 57.8 Å². The highest BCUT2D eigenvalue weighted by Gasteiger charge is 2.37. The van der Waals surface area contributed by atoms with E-state index in [2.05, 4.69) is 17.4 Å². The third kappa shape index (κ3) is 5.51. The van der Waals surface area contributed by atoms with Crippen molar-refractivity contribution in [3.63, 3.8) is 0 Å². The Balaban J connectivity index is 1.64. The molecule has 2 heterocycles. The molecule has 0 saturated carbocycles. The second-order valence-corrected chi connectivity index (χ2v) is 10.1. The monoisotopic (exact) mass is 477 g/mol. The molecule has 4 rings (SSSR count). The first-order chi connectivity index (χ1) is 16.7. The molecule has 0 unspecified atom stereocenters. The number of rotatable bonds is 5. The SMILES string of the molecule is COc1cc2ccc(=O)n(C)c2cc1CN[C@H]1CCCN(C(=O)OC(C)(C)C)[C@H]1c1ccccc1. The average molecular weight is 478 g/mol. The third-order valence-electron chi connectivity index (χ3n) is 6.48. The van der Waals surface area contributed by atoms with Crippen LogP contribution in [0.25, 0.3) is 10.9 Å². The van der Waals surface area contributed by atoms with Gasteiger partial charge in [-0.25, -0.2) is 4.79 Å². The van der Waals surface area contributed by atoms with Crippen LogP contribution in [0.1, 0.15) is 50.8 Å². The van der Waals surface area contributed by atoms with Gasteiger partial charge >= 0.3 is 6.09 Å². The lowest BCUT2D eigenvalue weighted by Gasteiger charge is -2.42. The molecule has 1 saturated heterocycles. The molecule has 7 heteroatoms. The topological polar surface area (TPSA) is 72.8 Å². The van der Waals surface area contributed by atoms with Crippen LogP contribution < -0.4 is 15.6 Å². The van der Waals surface area contributed by atoms with Crippen molar-refractivity contribution in [1.29, 1.82) is 0 Å². The van der Waals surface area contributed by atoms with Gasteiger partial charge in [-0.05, 0) is 57.4 Å². The molecular weight excluding hydrogens is 442 g/mol. The Morgan fingerprint density at radius 3 is 2.54 bits per heavy atom. The van der Waals surface area contributed by atoms with E-state index in [0.29, 0.717) is 13.1 Å². The summed E-state index contributed by atoms with van der Waals surface area (Å²) in [4.78, 5) is 27.2. The van der Waals surface area contributed by atoms with E-state index in [-0.39, 0.29) is 23.7 Å². The van der Waals surface area contributed by atoms with E-state index in [1.54, 1.807) is 24.8 Å². The van der Waals surface area contributed by atoms with Crippen LogP contribution in [0.5, 0.6) is 5.75 Å². The molecule has 7 nitrogen and oxygen atoms in total. The predicted molar refractivity (Wildman–Crippen MR) is 138 cm³/mol. The number of nitrogens with zero attached hydrogens (tertiary/aromatic N) is 2. The molecule has 1 aliphatic rings. The Bertz CT molecular complexity index is 1250. The van der Waals surface area contributed by atoms with Crippen molar-refractivity contribution in [1.82, 2.24) is 14.8 Å². The van der Waals surface area contributed by atoms with Crippen molar-refractivity contribution in [2.75, 3.05) is 13.7 Å². The quantitative estimate of drug-likeness (QED) is 0.573. The van der Waals surface area contributed by atoms with Crippen LogP contribution >= 0.6 is 0 Å². The number of aryl methyl sites for hydroxylation is 1. The number of amides is 1. The number of carbonyl (C=O) groups excluding carboxylic acids is 1. The molecule has 3 aromatic rings. The van der Waals surface area contributed by atoms with Crippen molar-refractivity contribution in [3.05, 3.63) is 76.1 Å². The number of nitrogens with one attached hydrogen (secondary N) is 1. The summed E-state index contributed by atoms with van der Waals surface area (Å²) in [6.45, 7) is 6.86. The fourth-order valence-corrected chi connectivity index (χ4v) is 4.81. The number of carbonyl (C=O) groups is 1. The van der Waals surface area contributed by atoms with Crippen LogP contribution in [0.2, 0.25) is 0 Å². The fourth-order valence-electron chi connectivity index (χ4n) is 4.81. The van der Waals surface area contributed by atoms with Gasteiger partial charge in [0.2, 0.25) is 0 Å². The minimum atomic E-state index is -0.562. The van der Waals surface area contributed by atoms with E-state index in [0.717, 1.165) is 40.6 Å². The lowest BCUT2D eigenvalue weighted by atomic mass is 9.90. The highest BCUT2D eigenvalue weighted by molar-refractivity contribution is 5.81. The lowest BCUT2D eigenvalue weighted by Crippen LogP contribution is -2.51. The number of benzene rings is 2. The second kappa shape index (κ2) is 10.1. The lowest BCUT2D eigenvalue weighted by molar-refractivity contribution is 0.00380. The van der Waals surface area contributed by atoms with Crippen LogP contribution in [0.15, 0.2) is 59.4 Å². The summed E-state index contributed by atoms with van der Waals surface area (Å²) in [5, 5.41) is 4.64. The first-order valence-electron chi connectivity index (χ1n) is 12.1. The highest BCUT2D eigenvalue weighted by atomic mass is 16.6. The molecule has 2 aromatic carbocycles. The van der Waals surface area contributed by atoms with Gasteiger partial charge in [0, 0.05) is 43.2 Å². The van der Waals surface area contributed by atoms with Crippen LogP contribution in [0.4, 0.5) is 4.79 Å². The molecule has 0 spiro atoms. The molecule has 1 fully saturated rings. The van der Waals surface area contributed by atoms with Gasteiger partial charge in [0.05, 0.1) is 18.7 Å². The summed E-state index contributed by atoms with van der Waals surface area (Å²) >= 11 is 0. The molecule has 1 amide bonds. The minimum absolute atomic E-state index is 0.0265. The van der Waals surface area contributed by atoms with Crippen LogP contribution in [-0.4, -0.2) is 40.9 Å². The molecular formula is C28H35N3O4. The zero-order valence-electron chi connectivity index (χ0n) is 21.2. The van der Waals surface area contributed by atoms with Gasteiger partial charge in [0.15, 0.2) is 0 Å². The van der Waals surface area contributed by atoms with E-state index < -0.39 is 5.60 Å². The number of hydrogen-bond donors (Lipinski definition) is 1. The Hall–Kier alpha value is -3.32. The van der Waals surface area contributed by atoms with E-state index >= 15 is 0 Å². The standard InChI is InChI=1S/C28H35N3O4/c1-28(2,3)35-27(33)31-15-9-12-22(26(31)19-10-7-6-8-11-19)29-18-21-16-23-20(17-24(21)34-5)13-14-25(32)30(23)4/h6-8,10-11,13-14,16-17,22,26,29H,9,12,15,18H2,1-5H3/t22-,26-/m0/s1. The zero-order chi connectivity index (χ0) is 25.2. The fraction of sp³-hybridized carbons (Fsp3) is 0.429. The summed E-state index contributed by atoms with van der Waals surface area (Å²) in [7, 11) is 3.43. The molecule has 0 radical (unpaired) electrons. The van der Waals surface area contributed by atoms with Crippen molar-refractivity contribution < 1.29 is 14.3 Å². The van der Waals surface area contributed by atoms with Crippen LogP contribution in [0.3, 0.4) is 0 Å². The van der Waals surface area contributed by atoms with Gasteiger partial charge in [-0.2, -0.15) is 0 Å². The molecule has 1 aromatic heterocycles. The molecule has 1 aliphatic heterocycles. The van der Waals surface area contributed by atoms with Gasteiger partial charge in [-0.15, -0.1) is 0 Å². The van der Waals surface area contributed by atoms with Gasteiger partial charge in [0.1, 0.15) is 11.4 Å². The third-order valence-corrected chi connectivity index (χ3v) is 6.48. The Morgan fingerprint density at radius 1 is 1.11 bits per heavy atom. The summed E-state index contributed by atoms with van der Waals surface area (Å²) in [6, 6.07) is 17.3. The maximum atomic E-state index is 13.2. The van der Waals surface area contributed by atoms with E-state index in [1.807, 2.05) is 62.1 Å². The smallest absolute Gasteiger partial charge is 0.410 e. The van der Waals surface area contributed by atoms with E-state index in [4.69, 9.17) is 9.47 Å². The summed E-state index contributed by atoms with van der Waals surface area (Å²) < 4.78 is 13.1. The molecule has 2 atom stereocenters. The van der Waals surface area contributed by atoms with E-state index in [9.17, 15) is 9.59 Å². The van der Waals surface area contributed by atoms with Gasteiger partial charge in [-0.3, -0.25) is 9.69 Å². The summed E-state index contributed by atoms with van der Waals surface area (Å²) in [5.41, 5.74) is 2.28.